The van der Waals surface area contributed by atoms with Gasteiger partial charge >= 0.3 is 6.17 Å². The molecule has 1 atom stereocenters. The van der Waals surface area contributed by atoms with Crippen LogP contribution in [-0.2, 0) is 16.3 Å². The van der Waals surface area contributed by atoms with E-state index in [1.807, 2.05) is 0 Å². The maximum atomic E-state index is 12.1. The lowest BCUT2D eigenvalue weighted by atomic mass is 11.3. The summed E-state index contributed by atoms with van der Waals surface area (Å²) in [6.07, 6.45) is -5.58. The van der Waals surface area contributed by atoms with E-state index in [4.69, 9.17) is 0 Å². The monoisotopic (exact) mass is 189 g/mol. The van der Waals surface area contributed by atoms with E-state index in [1.54, 1.807) is 0 Å². The van der Waals surface area contributed by atoms with Crippen molar-refractivity contribution in [1.29, 1.82) is 0 Å². The molecule has 0 bridgehead atoms. The van der Waals surface area contributed by atoms with Crippen LogP contribution in [0.1, 0.15) is 0 Å². The highest BCUT2D eigenvalue weighted by atomic mass is 32.4. The Hall–Kier alpha value is 0.430. The molecule has 0 aliphatic carbocycles. The molecule has 2 nitrogen and oxygen atoms in total. The first kappa shape index (κ1) is 10.4. The molecule has 0 amide bonds. The van der Waals surface area contributed by atoms with Crippen molar-refractivity contribution in [2.75, 3.05) is 21.2 Å². The number of alkyl halides is 2. The van der Waals surface area contributed by atoms with Crippen LogP contribution >= 0.6 is 6.42 Å². The molecule has 0 aliphatic rings. The summed E-state index contributed by atoms with van der Waals surface area (Å²) in [5.74, 6) is 0. The van der Waals surface area contributed by atoms with Crippen LogP contribution < -0.4 is 0 Å². The average molecular weight is 189 g/mol. The van der Waals surface area contributed by atoms with Crippen molar-refractivity contribution in [3.05, 3.63) is 0 Å². The van der Waals surface area contributed by atoms with Gasteiger partial charge in [0.2, 0.25) is 0 Å². The Morgan fingerprint density at radius 2 is 1.90 bits per heavy atom. The maximum absolute atomic E-state index is 12.1. The zero-order valence-electron chi connectivity index (χ0n) is 6.04. The molecular formula is C4H10F2NOPS. The summed E-state index contributed by atoms with van der Waals surface area (Å²) in [5, 5.41) is 0. The van der Waals surface area contributed by atoms with Crippen LogP contribution in [0.5, 0.6) is 0 Å². The van der Waals surface area contributed by atoms with E-state index < -0.39 is 12.6 Å². The van der Waals surface area contributed by atoms with E-state index in [-0.39, 0.29) is 0 Å². The van der Waals surface area contributed by atoms with Crippen LogP contribution in [0.25, 0.3) is 0 Å². The SMILES string of the molecule is COP(=S)(C(F)F)N(C)C. The molecule has 10 heavy (non-hydrogen) atoms. The van der Waals surface area contributed by atoms with E-state index in [2.05, 4.69) is 16.3 Å². The molecule has 0 aromatic carbocycles. The van der Waals surface area contributed by atoms with Gasteiger partial charge in [-0.1, -0.05) is 0 Å². The lowest BCUT2D eigenvalue weighted by Gasteiger charge is -2.25. The van der Waals surface area contributed by atoms with Crippen molar-refractivity contribution in [3.63, 3.8) is 0 Å². The molecule has 1 unspecified atom stereocenters. The summed E-state index contributed by atoms with van der Waals surface area (Å²) < 4.78 is 30.1. The summed E-state index contributed by atoms with van der Waals surface area (Å²) >= 11 is 4.62. The van der Waals surface area contributed by atoms with Crippen LogP contribution in [0.3, 0.4) is 0 Å². The number of halogens is 2. The largest absolute Gasteiger partial charge is 0.337 e. The predicted molar refractivity (Wildman–Crippen MR) is 41.0 cm³/mol. The lowest BCUT2D eigenvalue weighted by Crippen LogP contribution is -2.14. The number of nitrogens with zero attached hydrogens (tertiary/aromatic N) is 1. The van der Waals surface area contributed by atoms with Gasteiger partial charge in [-0.2, -0.15) is 0 Å². The Morgan fingerprint density at radius 3 is 1.90 bits per heavy atom. The van der Waals surface area contributed by atoms with Crippen molar-refractivity contribution >= 4 is 18.2 Å². The molecule has 0 saturated heterocycles. The third-order valence-electron chi connectivity index (χ3n) is 1.07. The molecule has 0 aliphatic heterocycles. The number of hydrogen-bond acceptors (Lipinski definition) is 2. The van der Waals surface area contributed by atoms with Gasteiger partial charge in [0.1, 0.15) is 0 Å². The fourth-order valence-electron chi connectivity index (χ4n) is 0.418. The molecule has 62 valence electrons. The normalized spacial score (nSPS) is 17.9. The Kier molecular flexibility index (Phi) is 3.88. The smallest absolute Gasteiger partial charge is 0.300 e. The summed E-state index contributed by atoms with van der Waals surface area (Å²) in [4.78, 5) is 0. The number of rotatable bonds is 3. The van der Waals surface area contributed by atoms with Crippen LogP contribution in [0.2, 0.25) is 0 Å². The molecular weight excluding hydrogens is 179 g/mol. The van der Waals surface area contributed by atoms with Crippen molar-refractivity contribution in [3.8, 4) is 0 Å². The van der Waals surface area contributed by atoms with Crippen molar-refractivity contribution in [2.45, 2.75) is 6.17 Å². The molecule has 0 spiro atoms. The molecule has 0 saturated carbocycles. The quantitative estimate of drug-likeness (QED) is 0.627. The predicted octanol–water partition coefficient (Wildman–Crippen LogP) is 1.73. The zero-order valence-corrected chi connectivity index (χ0v) is 7.76. The first-order valence-corrected chi connectivity index (χ1v) is 5.30. The van der Waals surface area contributed by atoms with Gasteiger partial charge in [-0.05, 0) is 25.9 Å². The minimum absolute atomic E-state index is 1.22. The minimum Gasteiger partial charge on any atom is -0.337 e. The summed E-state index contributed by atoms with van der Waals surface area (Å²) in [6.45, 7) is 0. The molecule has 6 heteroatoms. The van der Waals surface area contributed by atoms with Gasteiger partial charge in [-0.25, -0.2) is 8.78 Å². The second-order valence-electron chi connectivity index (χ2n) is 1.87. The van der Waals surface area contributed by atoms with Gasteiger partial charge in [-0.15, -0.1) is 0 Å². The molecule has 0 aromatic rings. The van der Waals surface area contributed by atoms with E-state index in [0.29, 0.717) is 0 Å². The fraction of sp³-hybridized carbons (Fsp3) is 1.00. The first-order chi connectivity index (χ1) is 4.45. The highest BCUT2D eigenvalue weighted by Gasteiger charge is 2.30. The molecule has 0 aromatic heterocycles. The Labute approximate surface area is 64.3 Å². The highest BCUT2D eigenvalue weighted by Crippen LogP contribution is 2.54. The maximum Gasteiger partial charge on any atom is 0.300 e. The molecule has 0 fully saturated rings. The second kappa shape index (κ2) is 3.72. The third kappa shape index (κ3) is 1.95. The van der Waals surface area contributed by atoms with Crippen LogP contribution in [0.15, 0.2) is 0 Å². The van der Waals surface area contributed by atoms with Crippen LogP contribution in [-0.4, -0.2) is 32.0 Å². The summed E-state index contributed by atoms with van der Waals surface area (Å²) in [7, 11) is 4.21. The van der Waals surface area contributed by atoms with Gasteiger partial charge in [0.15, 0.2) is 6.42 Å². The van der Waals surface area contributed by atoms with Crippen LogP contribution in [0.4, 0.5) is 8.78 Å². The molecule has 0 radical (unpaired) electrons. The molecule has 0 heterocycles. The van der Waals surface area contributed by atoms with Gasteiger partial charge in [-0.3, -0.25) is 4.67 Å². The average Bonchev–Trinajstić information content (AvgIpc) is 1.85. The van der Waals surface area contributed by atoms with Crippen molar-refractivity contribution < 1.29 is 13.3 Å². The summed E-state index contributed by atoms with van der Waals surface area (Å²) in [5.41, 5.74) is 0. The van der Waals surface area contributed by atoms with Crippen molar-refractivity contribution in [2.24, 2.45) is 0 Å². The van der Waals surface area contributed by atoms with Crippen LogP contribution in [0, 0.1) is 0 Å². The standard InChI is InChI=1S/C4H10F2NOPS/c1-7(2)9(10,8-3)4(5)6/h4H,1-3H3. The first-order valence-electron chi connectivity index (χ1n) is 2.56. The van der Waals surface area contributed by atoms with E-state index in [1.165, 1.54) is 25.9 Å². The Bertz CT molecular complexity index is 140. The molecule has 0 N–H and O–H groups in total. The third-order valence-corrected chi connectivity index (χ3v) is 5.10. The molecule has 0 rings (SSSR count). The second-order valence-corrected chi connectivity index (χ2v) is 6.12. The Morgan fingerprint density at radius 1 is 1.50 bits per heavy atom. The van der Waals surface area contributed by atoms with Gasteiger partial charge in [0.05, 0.1) is 0 Å². The van der Waals surface area contributed by atoms with Crippen molar-refractivity contribution in [1.82, 2.24) is 4.67 Å². The minimum atomic E-state index is -3.01. The lowest BCUT2D eigenvalue weighted by molar-refractivity contribution is 0.210. The highest BCUT2D eigenvalue weighted by molar-refractivity contribution is 8.11. The fourth-order valence-corrected chi connectivity index (χ4v) is 1.25. The van der Waals surface area contributed by atoms with E-state index in [0.717, 1.165) is 0 Å². The van der Waals surface area contributed by atoms with Gasteiger partial charge in [0.25, 0.3) is 0 Å². The Balaban J connectivity index is 4.40. The van der Waals surface area contributed by atoms with Gasteiger partial charge < -0.3 is 4.52 Å². The van der Waals surface area contributed by atoms with E-state index in [9.17, 15) is 8.78 Å². The van der Waals surface area contributed by atoms with Gasteiger partial charge in [0, 0.05) is 7.11 Å². The number of hydrogen-bond donors (Lipinski definition) is 0. The topological polar surface area (TPSA) is 12.5 Å². The zero-order chi connectivity index (χ0) is 8.36. The van der Waals surface area contributed by atoms with E-state index >= 15 is 0 Å². The summed E-state index contributed by atoms with van der Waals surface area (Å²) in [6, 6.07) is 0.